The number of nitrogens with zero attached hydrogens (tertiary/aromatic N) is 1. The number of hydrogen-bond acceptors (Lipinski definition) is 2. The van der Waals surface area contributed by atoms with Crippen LogP contribution in [0.1, 0.15) is 11.1 Å². The number of carbonyl (C=O) groups excluding carboxylic acids is 1. The van der Waals surface area contributed by atoms with E-state index < -0.39 is 0 Å². The Morgan fingerprint density at radius 3 is 2.57 bits per heavy atom. The van der Waals surface area contributed by atoms with Crippen LogP contribution < -0.4 is 5.32 Å². The van der Waals surface area contributed by atoms with E-state index in [1.807, 2.05) is 24.3 Å². The minimum Gasteiger partial charge on any atom is -0.305 e. The molecule has 0 saturated carbocycles. The quantitative estimate of drug-likeness (QED) is 0.832. The van der Waals surface area contributed by atoms with Gasteiger partial charge < -0.3 is 5.32 Å². The molecule has 1 aliphatic rings. The highest BCUT2D eigenvalue weighted by Crippen LogP contribution is 2.21. The molecule has 5 heteroatoms. The lowest BCUT2D eigenvalue weighted by Crippen LogP contribution is -2.25. The Bertz CT molecular complexity index is 783. The first kappa shape index (κ1) is 13.7. The number of carbonyl (C=O) groups is 1. The van der Waals surface area contributed by atoms with Crippen LogP contribution in [0, 0.1) is 5.82 Å². The van der Waals surface area contributed by atoms with Crippen molar-refractivity contribution in [2.24, 2.45) is 4.99 Å². The van der Waals surface area contributed by atoms with Crippen LogP contribution in [0.5, 0.6) is 0 Å². The Kier molecular flexibility index (Phi) is 3.66. The molecule has 0 bridgehead atoms. The van der Waals surface area contributed by atoms with Gasteiger partial charge in [0, 0.05) is 15.6 Å². The molecule has 1 heterocycles. The Labute approximate surface area is 129 Å². The van der Waals surface area contributed by atoms with E-state index in [0.29, 0.717) is 11.4 Å². The van der Waals surface area contributed by atoms with E-state index in [1.165, 1.54) is 12.1 Å². The van der Waals surface area contributed by atoms with Crippen LogP contribution in [0.2, 0.25) is 0 Å². The number of nitrogens with one attached hydrogen (secondary N) is 1. The predicted octanol–water partition coefficient (Wildman–Crippen LogP) is 3.51. The number of aliphatic imine (C=N–C) groups is 1. The van der Waals surface area contributed by atoms with E-state index in [0.717, 1.165) is 10.0 Å². The molecule has 0 fully saturated rings. The molecule has 0 spiro atoms. The molecular weight excluding hydrogens is 335 g/mol. The zero-order valence-corrected chi connectivity index (χ0v) is 12.4. The summed E-state index contributed by atoms with van der Waals surface area (Å²) in [6.45, 7) is 0. The fraction of sp³-hybridized carbons (Fsp3) is 0. The van der Waals surface area contributed by atoms with Gasteiger partial charge in [0.05, 0.1) is 0 Å². The SMILES string of the molecule is O=C1NC(c2ccccc2Br)=N/C1=C\c1ccccc1F. The van der Waals surface area contributed by atoms with Gasteiger partial charge in [-0.25, -0.2) is 9.38 Å². The first-order valence-electron chi connectivity index (χ1n) is 6.26. The molecule has 0 unspecified atom stereocenters. The van der Waals surface area contributed by atoms with Gasteiger partial charge in [0.1, 0.15) is 17.3 Å². The van der Waals surface area contributed by atoms with E-state index in [4.69, 9.17) is 0 Å². The zero-order chi connectivity index (χ0) is 14.8. The molecule has 3 nitrogen and oxygen atoms in total. The first-order chi connectivity index (χ1) is 10.1. The van der Waals surface area contributed by atoms with Crippen LogP contribution in [0.15, 0.2) is 63.7 Å². The highest BCUT2D eigenvalue weighted by Gasteiger charge is 2.22. The first-order valence-corrected chi connectivity index (χ1v) is 7.05. The molecule has 0 saturated heterocycles. The third-order valence-electron chi connectivity index (χ3n) is 3.02. The maximum Gasteiger partial charge on any atom is 0.275 e. The minimum absolute atomic E-state index is 0.186. The lowest BCUT2D eigenvalue weighted by molar-refractivity contribution is -0.115. The average molecular weight is 345 g/mol. The van der Waals surface area contributed by atoms with Gasteiger partial charge in [-0.2, -0.15) is 0 Å². The van der Waals surface area contributed by atoms with E-state index >= 15 is 0 Å². The molecule has 0 aliphatic carbocycles. The Hall–Kier alpha value is -2.27. The van der Waals surface area contributed by atoms with Crippen molar-refractivity contribution in [1.29, 1.82) is 0 Å². The maximum atomic E-state index is 13.6. The minimum atomic E-state index is -0.387. The number of amides is 1. The molecule has 104 valence electrons. The summed E-state index contributed by atoms with van der Waals surface area (Å²) in [5, 5.41) is 2.69. The third-order valence-corrected chi connectivity index (χ3v) is 3.71. The van der Waals surface area contributed by atoms with Crippen LogP contribution in [0.25, 0.3) is 6.08 Å². The summed E-state index contributed by atoms with van der Waals surface area (Å²) in [6.07, 6.45) is 1.44. The smallest absolute Gasteiger partial charge is 0.275 e. The molecule has 0 aromatic heterocycles. The highest BCUT2D eigenvalue weighted by molar-refractivity contribution is 9.10. The second-order valence-corrected chi connectivity index (χ2v) is 5.30. The number of amidine groups is 1. The zero-order valence-electron chi connectivity index (χ0n) is 10.8. The number of halogens is 2. The second-order valence-electron chi connectivity index (χ2n) is 4.45. The number of hydrogen-bond donors (Lipinski definition) is 1. The Morgan fingerprint density at radius 1 is 1.10 bits per heavy atom. The van der Waals surface area contributed by atoms with Crippen LogP contribution in [-0.2, 0) is 4.79 Å². The molecule has 3 rings (SSSR count). The third kappa shape index (κ3) is 2.78. The topological polar surface area (TPSA) is 41.5 Å². The molecule has 1 amide bonds. The van der Waals surface area contributed by atoms with Crippen molar-refractivity contribution >= 4 is 33.7 Å². The number of rotatable bonds is 2. The second kappa shape index (κ2) is 5.61. The summed E-state index contributed by atoms with van der Waals surface area (Å²) in [4.78, 5) is 16.2. The molecule has 2 aromatic rings. The fourth-order valence-electron chi connectivity index (χ4n) is 1.99. The summed E-state index contributed by atoms with van der Waals surface area (Å²) < 4.78 is 14.5. The number of benzene rings is 2. The fourth-order valence-corrected chi connectivity index (χ4v) is 2.46. The van der Waals surface area contributed by atoms with Gasteiger partial charge >= 0.3 is 0 Å². The van der Waals surface area contributed by atoms with Crippen molar-refractivity contribution in [1.82, 2.24) is 5.32 Å². The van der Waals surface area contributed by atoms with Crippen LogP contribution >= 0.6 is 15.9 Å². The van der Waals surface area contributed by atoms with Crippen molar-refractivity contribution in [2.45, 2.75) is 0 Å². The van der Waals surface area contributed by atoms with Crippen LogP contribution in [0.4, 0.5) is 4.39 Å². The van der Waals surface area contributed by atoms with Crippen molar-refractivity contribution in [3.05, 3.63) is 75.6 Å². The van der Waals surface area contributed by atoms with Gasteiger partial charge in [-0.3, -0.25) is 4.79 Å². The Morgan fingerprint density at radius 2 is 1.81 bits per heavy atom. The van der Waals surface area contributed by atoms with Gasteiger partial charge in [0.2, 0.25) is 0 Å². The summed E-state index contributed by atoms with van der Waals surface area (Å²) >= 11 is 3.41. The van der Waals surface area contributed by atoms with Crippen molar-refractivity contribution in [2.75, 3.05) is 0 Å². The average Bonchev–Trinajstić information content (AvgIpc) is 2.83. The Balaban J connectivity index is 2.00. The van der Waals surface area contributed by atoms with Crippen molar-refractivity contribution in [3.8, 4) is 0 Å². The van der Waals surface area contributed by atoms with Gasteiger partial charge in [-0.1, -0.05) is 52.3 Å². The van der Waals surface area contributed by atoms with Gasteiger partial charge in [0.15, 0.2) is 0 Å². The highest BCUT2D eigenvalue weighted by atomic mass is 79.9. The molecular formula is C16H10BrFN2O. The van der Waals surface area contributed by atoms with E-state index in [-0.39, 0.29) is 17.4 Å². The van der Waals surface area contributed by atoms with Crippen LogP contribution in [-0.4, -0.2) is 11.7 Å². The lowest BCUT2D eigenvalue weighted by Gasteiger charge is -2.02. The molecule has 1 aliphatic heterocycles. The molecule has 21 heavy (non-hydrogen) atoms. The largest absolute Gasteiger partial charge is 0.305 e. The van der Waals surface area contributed by atoms with Crippen LogP contribution in [0.3, 0.4) is 0 Å². The van der Waals surface area contributed by atoms with Gasteiger partial charge in [-0.05, 0) is 18.2 Å². The molecule has 0 radical (unpaired) electrons. The van der Waals surface area contributed by atoms with Gasteiger partial charge in [0.25, 0.3) is 5.91 Å². The maximum absolute atomic E-state index is 13.6. The standard InChI is InChI=1S/C16H10BrFN2O/c17-12-7-3-2-6-11(12)15-19-14(16(21)20-15)9-10-5-1-4-8-13(10)18/h1-9H,(H,19,20,21)/b14-9-. The van der Waals surface area contributed by atoms with E-state index in [1.54, 1.807) is 18.2 Å². The van der Waals surface area contributed by atoms with Crippen molar-refractivity contribution in [3.63, 3.8) is 0 Å². The molecule has 0 atom stereocenters. The molecule has 2 aromatic carbocycles. The van der Waals surface area contributed by atoms with Crippen molar-refractivity contribution < 1.29 is 9.18 Å². The van der Waals surface area contributed by atoms with E-state index in [9.17, 15) is 9.18 Å². The monoisotopic (exact) mass is 344 g/mol. The normalized spacial score (nSPS) is 16.0. The summed E-state index contributed by atoms with van der Waals surface area (Å²) in [7, 11) is 0. The summed E-state index contributed by atoms with van der Waals surface area (Å²) in [5.41, 5.74) is 1.30. The summed E-state index contributed by atoms with van der Waals surface area (Å²) in [6, 6.07) is 13.7. The predicted molar refractivity (Wildman–Crippen MR) is 83.2 cm³/mol. The summed E-state index contributed by atoms with van der Waals surface area (Å²) in [5.74, 6) is -0.276. The van der Waals surface area contributed by atoms with Gasteiger partial charge in [-0.15, -0.1) is 0 Å². The molecule has 1 N–H and O–H groups in total. The lowest BCUT2D eigenvalue weighted by atomic mass is 10.2. The van der Waals surface area contributed by atoms with E-state index in [2.05, 4.69) is 26.2 Å².